The summed E-state index contributed by atoms with van der Waals surface area (Å²) >= 11 is 0. The molecule has 0 bridgehead atoms. The molecule has 1 N–H and O–H groups in total. The van der Waals surface area contributed by atoms with Gasteiger partial charge in [-0.1, -0.05) is 6.07 Å². The zero-order valence-electron chi connectivity index (χ0n) is 9.86. The molecule has 0 aliphatic rings. The number of nitrogens with one attached hydrogen (secondary N) is 1. The van der Waals surface area contributed by atoms with E-state index in [-0.39, 0.29) is 0 Å². The minimum atomic E-state index is 0.748. The fourth-order valence-corrected chi connectivity index (χ4v) is 1.56. The first-order valence-electron chi connectivity index (χ1n) is 5.30. The lowest BCUT2D eigenvalue weighted by molar-refractivity contribution is 0.898. The third kappa shape index (κ3) is 2.39. The molecule has 4 nitrogen and oxygen atoms in total. The molecule has 0 fully saturated rings. The smallest absolute Gasteiger partial charge is 0.203 e. The molecule has 4 heteroatoms. The van der Waals surface area contributed by atoms with Gasteiger partial charge in [0.05, 0.1) is 5.69 Å². The van der Waals surface area contributed by atoms with Crippen molar-refractivity contribution >= 4 is 5.95 Å². The van der Waals surface area contributed by atoms with Crippen LogP contribution in [0.3, 0.4) is 0 Å². The Morgan fingerprint density at radius 2 is 2.06 bits per heavy atom. The van der Waals surface area contributed by atoms with Crippen molar-refractivity contribution in [3.8, 4) is 0 Å². The molecule has 2 aromatic heterocycles. The van der Waals surface area contributed by atoms with Crippen molar-refractivity contribution in [2.75, 3.05) is 5.32 Å². The largest absolute Gasteiger partial charge is 0.352 e. The number of hydrogen-bond donors (Lipinski definition) is 1. The highest BCUT2D eigenvalue weighted by atomic mass is 15.2. The molecule has 2 rings (SSSR count). The molecule has 0 atom stereocenters. The van der Waals surface area contributed by atoms with Crippen molar-refractivity contribution in [2.45, 2.75) is 20.4 Å². The monoisotopic (exact) mass is 216 g/mol. The SMILES string of the molecule is Cc1ccc(CNc2nc(C)cn2C)cn1. The molecule has 16 heavy (non-hydrogen) atoms. The van der Waals surface area contributed by atoms with Gasteiger partial charge in [-0.05, 0) is 25.5 Å². The second-order valence-corrected chi connectivity index (χ2v) is 3.98. The second-order valence-electron chi connectivity index (χ2n) is 3.98. The lowest BCUT2D eigenvalue weighted by Gasteiger charge is -2.05. The lowest BCUT2D eigenvalue weighted by Crippen LogP contribution is -2.05. The van der Waals surface area contributed by atoms with E-state index in [1.54, 1.807) is 0 Å². The summed E-state index contributed by atoms with van der Waals surface area (Å²) in [4.78, 5) is 8.63. The van der Waals surface area contributed by atoms with Crippen LogP contribution in [0.1, 0.15) is 17.0 Å². The number of pyridine rings is 1. The van der Waals surface area contributed by atoms with Gasteiger partial charge in [0.2, 0.25) is 5.95 Å². The molecule has 0 spiro atoms. The standard InChI is InChI=1S/C12H16N4/c1-9-4-5-11(6-13-9)7-14-12-15-10(2)8-16(12)3/h4-6,8H,7H2,1-3H3,(H,14,15). The predicted octanol–water partition coefficient (Wildman–Crippen LogP) is 2.04. The Hall–Kier alpha value is -1.84. The molecular weight excluding hydrogens is 200 g/mol. The number of imidazole rings is 1. The first kappa shape index (κ1) is 10.7. The zero-order chi connectivity index (χ0) is 11.5. The zero-order valence-corrected chi connectivity index (χ0v) is 9.86. The normalized spacial score (nSPS) is 10.4. The van der Waals surface area contributed by atoms with Gasteiger partial charge in [0.1, 0.15) is 0 Å². The van der Waals surface area contributed by atoms with Crippen molar-refractivity contribution in [3.63, 3.8) is 0 Å². The summed E-state index contributed by atoms with van der Waals surface area (Å²) < 4.78 is 1.98. The molecule has 2 aromatic rings. The molecule has 84 valence electrons. The van der Waals surface area contributed by atoms with E-state index in [4.69, 9.17) is 0 Å². The van der Waals surface area contributed by atoms with Crippen LogP contribution in [0.4, 0.5) is 5.95 Å². The number of anilines is 1. The van der Waals surface area contributed by atoms with E-state index in [0.717, 1.165) is 29.4 Å². The maximum Gasteiger partial charge on any atom is 0.203 e. The average molecular weight is 216 g/mol. The Labute approximate surface area is 95.4 Å². The van der Waals surface area contributed by atoms with Crippen molar-refractivity contribution in [3.05, 3.63) is 41.5 Å². The van der Waals surface area contributed by atoms with Crippen LogP contribution in [0.2, 0.25) is 0 Å². The van der Waals surface area contributed by atoms with Gasteiger partial charge in [-0.2, -0.15) is 0 Å². The minimum absolute atomic E-state index is 0.748. The van der Waals surface area contributed by atoms with Gasteiger partial charge in [0.15, 0.2) is 0 Å². The number of hydrogen-bond acceptors (Lipinski definition) is 3. The third-order valence-corrected chi connectivity index (χ3v) is 2.42. The summed E-state index contributed by atoms with van der Waals surface area (Å²) in [5, 5.41) is 3.28. The van der Waals surface area contributed by atoms with E-state index in [1.165, 1.54) is 0 Å². The second kappa shape index (κ2) is 4.35. The summed E-state index contributed by atoms with van der Waals surface area (Å²) in [5.74, 6) is 0.887. The van der Waals surface area contributed by atoms with Crippen molar-refractivity contribution in [1.82, 2.24) is 14.5 Å². The highest BCUT2D eigenvalue weighted by Crippen LogP contribution is 2.08. The third-order valence-electron chi connectivity index (χ3n) is 2.42. The Morgan fingerprint density at radius 3 is 2.62 bits per heavy atom. The van der Waals surface area contributed by atoms with Crippen molar-refractivity contribution in [2.24, 2.45) is 7.05 Å². The van der Waals surface area contributed by atoms with E-state index < -0.39 is 0 Å². The van der Waals surface area contributed by atoms with Crippen LogP contribution in [-0.4, -0.2) is 14.5 Å². The van der Waals surface area contributed by atoms with Crippen LogP contribution in [0.5, 0.6) is 0 Å². The van der Waals surface area contributed by atoms with Crippen molar-refractivity contribution < 1.29 is 0 Å². The van der Waals surface area contributed by atoms with E-state index in [2.05, 4.69) is 21.4 Å². The Morgan fingerprint density at radius 1 is 1.25 bits per heavy atom. The number of rotatable bonds is 3. The minimum Gasteiger partial charge on any atom is -0.352 e. The fourth-order valence-electron chi connectivity index (χ4n) is 1.56. The van der Waals surface area contributed by atoms with Gasteiger partial charge in [-0.25, -0.2) is 4.98 Å². The van der Waals surface area contributed by atoms with Gasteiger partial charge < -0.3 is 9.88 Å². The number of aromatic nitrogens is 3. The Kier molecular flexibility index (Phi) is 2.90. The maximum atomic E-state index is 4.37. The maximum absolute atomic E-state index is 4.37. The molecule has 0 saturated carbocycles. The van der Waals surface area contributed by atoms with Crippen LogP contribution in [0.25, 0.3) is 0 Å². The fraction of sp³-hybridized carbons (Fsp3) is 0.333. The molecule has 0 aliphatic carbocycles. The molecule has 0 aliphatic heterocycles. The van der Waals surface area contributed by atoms with Crippen LogP contribution < -0.4 is 5.32 Å². The van der Waals surface area contributed by atoms with Gasteiger partial charge in [0.25, 0.3) is 0 Å². The first-order chi connectivity index (χ1) is 7.65. The van der Waals surface area contributed by atoms with E-state index in [0.29, 0.717) is 0 Å². The van der Waals surface area contributed by atoms with Crippen LogP contribution in [-0.2, 0) is 13.6 Å². The lowest BCUT2D eigenvalue weighted by atomic mass is 10.2. The molecule has 0 radical (unpaired) electrons. The van der Waals surface area contributed by atoms with Gasteiger partial charge in [0, 0.05) is 31.7 Å². The molecular formula is C12H16N4. The van der Waals surface area contributed by atoms with E-state index in [1.807, 2.05) is 43.9 Å². The topological polar surface area (TPSA) is 42.7 Å². The van der Waals surface area contributed by atoms with Crippen LogP contribution in [0.15, 0.2) is 24.5 Å². The van der Waals surface area contributed by atoms with Gasteiger partial charge >= 0.3 is 0 Å². The van der Waals surface area contributed by atoms with E-state index in [9.17, 15) is 0 Å². The Balaban J connectivity index is 2.02. The summed E-state index contributed by atoms with van der Waals surface area (Å²) in [5.41, 5.74) is 3.22. The summed E-state index contributed by atoms with van der Waals surface area (Å²) in [6.45, 7) is 4.72. The average Bonchev–Trinajstić information content (AvgIpc) is 2.57. The molecule has 2 heterocycles. The summed E-state index contributed by atoms with van der Waals surface area (Å²) in [6.07, 6.45) is 3.88. The van der Waals surface area contributed by atoms with Crippen LogP contribution in [0, 0.1) is 13.8 Å². The predicted molar refractivity (Wildman–Crippen MR) is 64.2 cm³/mol. The molecule has 0 unspecified atom stereocenters. The number of aryl methyl sites for hydroxylation is 3. The van der Waals surface area contributed by atoms with Gasteiger partial charge in [-0.3, -0.25) is 4.98 Å². The first-order valence-corrected chi connectivity index (χ1v) is 5.30. The highest BCUT2D eigenvalue weighted by molar-refractivity contribution is 5.30. The summed E-state index contributed by atoms with van der Waals surface area (Å²) in [6, 6.07) is 4.09. The quantitative estimate of drug-likeness (QED) is 0.853. The highest BCUT2D eigenvalue weighted by Gasteiger charge is 2.01. The van der Waals surface area contributed by atoms with Crippen LogP contribution >= 0.6 is 0 Å². The van der Waals surface area contributed by atoms with E-state index >= 15 is 0 Å². The van der Waals surface area contributed by atoms with Crippen molar-refractivity contribution in [1.29, 1.82) is 0 Å². The summed E-state index contributed by atoms with van der Waals surface area (Å²) in [7, 11) is 1.98. The number of nitrogens with zero attached hydrogens (tertiary/aromatic N) is 3. The molecule has 0 saturated heterocycles. The van der Waals surface area contributed by atoms with Gasteiger partial charge in [-0.15, -0.1) is 0 Å². The Bertz CT molecular complexity index is 470. The molecule has 0 aromatic carbocycles. The molecule has 0 amide bonds.